The molecule has 3 heterocycles. The van der Waals surface area contributed by atoms with Crippen LogP contribution >= 0.6 is 11.3 Å². The Morgan fingerprint density at radius 1 is 1.41 bits per heavy atom. The Morgan fingerprint density at radius 2 is 2.27 bits per heavy atom. The van der Waals surface area contributed by atoms with Crippen molar-refractivity contribution < 1.29 is 0 Å². The molecule has 0 atom stereocenters. The summed E-state index contributed by atoms with van der Waals surface area (Å²) in [6.07, 6.45) is 5.87. The van der Waals surface area contributed by atoms with Gasteiger partial charge in [0, 0.05) is 23.3 Å². The molecule has 0 bridgehead atoms. The van der Waals surface area contributed by atoms with Gasteiger partial charge in [-0.3, -0.25) is 0 Å². The number of nitriles is 1. The second kappa shape index (κ2) is 5.07. The molecule has 7 heteroatoms. The van der Waals surface area contributed by atoms with Crippen molar-refractivity contribution in [3.8, 4) is 6.07 Å². The van der Waals surface area contributed by atoms with E-state index < -0.39 is 0 Å². The maximum absolute atomic E-state index is 8.91. The van der Waals surface area contributed by atoms with Gasteiger partial charge in [-0.15, -0.1) is 11.3 Å². The van der Waals surface area contributed by atoms with Crippen LogP contribution in [0.5, 0.6) is 0 Å². The minimum absolute atomic E-state index is 0.550. The zero-order valence-electron chi connectivity index (χ0n) is 12.1. The van der Waals surface area contributed by atoms with E-state index in [1.54, 1.807) is 17.7 Å². The first kappa shape index (κ1) is 13.2. The average molecular weight is 310 g/mol. The van der Waals surface area contributed by atoms with Gasteiger partial charge >= 0.3 is 0 Å². The number of hydrogen-bond donors (Lipinski definition) is 0. The molecule has 1 saturated carbocycles. The summed E-state index contributed by atoms with van der Waals surface area (Å²) in [7, 11) is 1.99. The molecule has 22 heavy (non-hydrogen) atoms. The maximum atomic E-state index is 8.91. The number of rotatable bonds is 4. The van der Waals surface area contributed by atoms with Crippen molar-refractivity contribution >= 4 is 28.3 Å². The number of hydrogen-bond acceptors (Lipinski definition) is 6. The minimum atomic E-state index is 0.550. The lowest BCUT2D eigenvalue weighted by Gasteiger charge is -2.17. The van der Waals surface area contributed by atoms with Gasteiger partial charge in [0.1, 0.15) is 12.4 Å². The molecule has 3 aromatic heterocycles. The Bertz CT molecular complexity index is 870. The molecule has 0 aromatic carbocycles. The molecule has 0 unspecified atom stereocenters. The first-order chi connectivity index (χ1) is 10.8. The fourth-order valence-corrected chi connectivity index (χ4v) is 3.43. The zero-order valence-corrected chi connectivity index (χ0v) is 12.9. The van der Waals surface area contributed by atoms with E-state index in [9.17, 15) is 0 Å². The molecular formula is C15H14N6S. The Kier molecular flexibility index (Phi) is 3.05. The molecule has 0 amide bonds. The van der Waals surface area contributed by atoms with Gasteiger partial charge in [-0.25, -0.2) is 15.0 Å². The third-order valence-corrected chi connectivity index (χ3v) is 4.74. The zero-order chi connectivity index (χ0) is 15.1. The van der Waals surface area contributed by atoms with E-state index in [0.717, 1.165) is 21.9 Å². The third kappa shape index (κ3) is 2.22. The van der Waals surface area contributed by atoms with Crippen LogP contribution in [0.1, 0.15) is 29.3 Å². The highest BCUT2D eigenvalue weighted by Gasteiger charge is 2.26. The summed E-state index contributed by atoms with van der Waals surface area (Å²) >= 11 is 1.59. The van der Waals surface area contributed by atoms with E-state index in [1.807, 2.05) is 24.8 Å². The molecule has 0 N–H and O–H groups in total. The van der Waals surface area contributed by atoms with Crippen molar-refractivity contribution in [2.75, 3.05) is 11.9 Å². The van der Waals surface area contributed by atoms with Crippen molar-refractivity contribution in [2.24, 2.45) is 0 Å². The Labute approximate surface area is 131 Å². The normalized spacial score (nSPS) is 14.2. The molecule has 1 aliphatic rings. The van der Waals surface area contributed by atoms with Crippen LogP contribution in [0.4, 0.5) is 5.82 Å². The standard InChI is InChI=1S/C15H14N6S/c1-20(6-12-4-10(5-16)7-22-12)14-13-15(18-8-17-14)21(9-19-13)11-2-3-11/h4,7-9,11H,2-3,6H2,1H3. The topological polar surface area (TPSA) is 70.6 Å². The van der Waals surface area contributed by atoms with Gasteiger partial charge in [-0.2, -0.15) is 5.26 Å². The van der Waals surface area contributed by atoms with Crippen LogP contribution in [0.25, 0.3) is 11.2 Å². The van der Waals surface area contributed by atoms with Gasteiger partial charge in [0.2, 0.25) is 0 Å². The predicted molar refractivity (Wildman–Crippen MR) is 84.7 cm³/mol. The highest BCUT2D eigenvalue weighted by atomic mass is 32.1. The van der Waals surface area contributed by atoms with Gasteiger partial charge in [0.15, 0.2) is 17.0 Å². The molecule has 110 valence electrons. The quantitative estimate of drug-likeness (QED) is 0.741. The SMILES string of the molecule is CN(Cc1cc(C#N)cs1)c1ncnc2c1ncn2C1CC1. The molecule has 0 radical (unpaired) electrons. The number of thiophene rings is 1. The Balaban J connectivity index is 1.66. The fraction of sp³-hybridized carbons (Fsp3) is 0.333. The van der Waals surface area contributed by atoms with E-state index in [4.69, 9.17) is 5.26 Å². The molecule has 6 nitrogen and oxygen atoms in total. The molecule has 4 rings (SSSR count). The van der Waals surface area contributed by atoms with Crippen molar-refractivity contribution in [3.63, 3.8) is 0 Å². The number of anilines is 1. The first-order valence-corrected chi connectivity index (χ1v) is 8.00. The monoisotopic (exact) mass is 310 g/mol. The van der Waals surface area contributed by atoms with Crippen LogP contribution in [0.2, 0.25) is 0 Å². The van der Waals surface area contributed by atoms with Crippen molar-refractivity contribution in [3.05, 3.63) is 34.5 Å². The van der Waals surface area contributed by atoms with Gasteiger partial charge in [0.05, 0.1) is 18.4 Å². The molecular weight excluding hydrogens is 296 g/mol. The smallest absolute Gasteiger partial charge is 0.165 e. The summed E-state index contributed by atoms with van der Waals surface area (Å²) in [4.78, 5) is 16.5. The fourth-order valence-electron chi connectivity index (χ4n) is 2.57. The average Bonchev–Trinajstić information content (AvgIpc) is 3.12. The second-order valence-corrected chi connectivity index (χ2v) is 6.52. The summed E-state index contributed by atoms with van der Waals surface area (Å²) in [5, 5.41) is 10.8. The highest BCUT2D eigenvalue weighted by Crippen LogP contribution is 2.37. The lowest BCUT2D eigenvalue weighted by molar-refractivity contribution is 0.756. The molecule has 1 aliphatic carbocycles. The summed E-state index contributed by atoms with van der Waals surface area (Å²) in [5.41, 5.74) is 2.46. The van der Waals surface area contributed by atoms with Gasteiger partial charge in [-0.05, 0) is 18.9 Å². The van der Waals surface area contributed by atoms with Crippen molar-refractivity contribution in [1.29, 1.82) is 5.26 Å². The van der Waals surface area contributed by atoms with Crippen LogP contribution in [-0.4, -0.2) is 26.6 Å². The van der Waals surface area contributed by atoms with Crippen molar-refractivity contribution in [2.45, 2.75) is 25.4 Å². The highest BCUT2D eigenvalue weighted by molar-refractivity contribution is 7.10. The van der Waals surface area contributed by atoms with Crippen LogP contribution < -0.4 is 4.90 Å². The first-order valence-electron chi connectivity index (χ1n) is 7.12. The summed E-state index contributed by atoms with van der Waals surface area (Å²) in [6, 6.07) is 4.63. The summed E-state index contributed by atoms with van der Waals surface area (Å²) < 4.78 is 2.15. The number of aromatic nitrogens is 4. The molecule has 0 saturated heterocycles. The molecule has 1 fully saturated rings. The Morgan fingerprint density at radius 3 is 3.00 bits per heavy atom. The van der Waals surface area contributed by atoms with Crippen LogP contribution in [-0.2, 0) is 6.54 Å². The van der Waals surface area contributed by atoms with Gasteiger partial charge in [-0.1, -0.05) is 0 Å². The van der Waals surface area contributed by atoms with E-state index in [0.29, 0.717) is 18.2 Å². The molecule has 0 aliphatic heterocycles. The summed E-state index contributed by atoms with van der Waals surface area (Å²) in [5.74, 6) is 0.830. The minimum Gasteiger partial charge on any atom is -0.353 e. The van der Waals surface area contributed by atoms with Crippen LogP contribution in [0.15, 0.2) is 24.1 Å². The van der Waals surface area contributed by atoms with Crippen molar-refractivity contribution in [1.82, 2.24) is 19.5 Å². The Hall–Kier alpha value is -2.46. The van der Waals surface area contributed by atoms with E-state index in [1.165, 1.54) is 12.8 Å². The lowest BCUT2D eigenvalue weighted by atomic mass is 10.3. The largest absolute Gasteiger partial charge is 0.353 e. The maximum Gasteiger partial charge on any atom is 0.165 e. The molecule has 0 spiro atoms. The molecule has 3 aromatic rings. The van der Waals surface area contributed by atoms with Gasteiger partial charge in [0.25, 0.3) is 0 Å². The number of fused-ring (bicyclic) bond motifs is 1. The van der Waals surface area contributed by atoms with Crippen LogP contribution in [0, 0.1) is 11.3 Å². The second-order valence-electron chi connectivity index (χ2n) is 5.52. The van der Waals surface area contributed by atoms with Gasteiger partial charge < -0.3 is 9.47 Å². The predicted octanol–water partition coefficient (Wildman–Crippen LogP) is 2.73. The van der Waals surface area contributed by atoms with E-state index in [2.05, 4.69) is 30.5 Å². The number of nitrogens with zero attached hydrogens (tertiary/aromatic N) is 6. The lowest BCUT2D eigenvalue weighted by Crippen LogP contribution is -2.17. The van der Waals surface area contributed by atoms with E-state index in [-0.39, 0.29) is 0 Å². The number of imidazole rings is 1. The summed E-state index contributed by atoms with van der Waals surface area (Å²) in [6.45, 7) is 0.703. The third-order valence-electron chi connectivity index (χ3n) is 3.82. The van der Waals surface area contributed by atoms with E-state index >= 15 is 0 Å². The van der Waals surface area contributed by atoms with Crippen LogP contribution in [0.3, 0.4) is 0 Å².